The minimum absolute atomic E-state index is 0.0527. The number of carbonyl (C=O) groups excluding carboxylic acids is 1. The highest BCUT2D eigenvalue weighted by molar-refractivity contribution is 7.99. The Balaban J connectivity index is 2.46. The van der Waals surface area contributed by atoms with E-state index in [4.69, 9.17) is 0 Å². The maximum atomic E-state index is 11.9. The van der Waals surface area contributed by atoms with Crippen molar-refractivity contribution in [1.29, 1.82) is 0 Å². The van der Waals surface area contributed by atoms with E-state index in [0.717, 1.165) is 17.9 Å². The van der Waals surface area contributed by atoms with Gasteiger partial charge in [-0.05, 0) is 32.9 Å². The number of likely N-dealkylation sites (N-methyl/N-ethyl adjacent to an activating group) is 1. The minimum Gasteiger partial charge on any atom is -0.387 e. The van der Waals surface area contributed by atoms with Crippen molar-refractivity contribution in [2.45, 2.75) is 38.3 Å². The third kappa shape index (κ3) is 6.56. The maximum Gasteiger partial charge on any atom is 0.240 e. The molecule has 6 nitrogen and oxygen atoms in total. The van der Waals surface area contributed by atoms with Crippen LogP contribution in [0.4, 0.5) is 0 Å². The molecule has 21 heavy (non-hydrogen) atoms. The molecule has 0 aromatic rings. The van der Waals surface area contributed by atoms with Crippen molar-refractivity contribution >= 4 is 23.6 Å². The summed E-state index contributed by atoms with van der Waals surface area (Å²) in [7, 11) is 3.49. The SMILES string of the molecule is CN=C(NCC1(O)CCSC1)N(C)CC(=O)NC(C)(C)C. The molecule has 1 unspecified atom stereocenters. The Morgan fingerprint density at radius 1 is 1.48 bits per heavy atom. The number of aliphatic imine (C=N–C) groups is 1. The number of aliphatic hydroxyl groups is 1. The predicted octanol–water partition coefficient (Wildman–Crippen LogP) is 0.276. The first-order chi connectivity index (χ1) is 9.65. The Bertz CT molecular complexity index is 387. The van der Waals surface area contributed by atoms with E-state index in [0.29, 0.717) is 12.5 Å². The van der Waals surface area contributed by atoms with Crippen LogP contribution in [0.15, 0.2) is 4.99 Å². The van der Waals surface area contributed by atoms with Crippen LogP contribution in [-0.2, 0) is 4.79 Å². The lowest BCUT2D eigenvalue weighted by Gasteiger charge is -2.28. The van der Waals surface area contributed by atoms with E-state index >= 15 is 0 Å². The van der Waals surface area contributed by atoms with Crippen LogP contribution in [0.3, 0.4) is 0 Å². The van der Waals surface area contributed by atoms with Crippen molar-refractivity contribution in [3.8, 4) is 0 Å². The zero-order chi connectivity index (χ0) is 16.1. The van der Waals surface area contributed by atoms with E-state index in [1.54, 1.807) is 23.7 Å². The van der Waals surface area contributed by atoms with Crippen molar-refractivity contribution in [2.24, 2.45) is 4.99 Å². The molecular weight excluding hydrogens is 288 g/mol. The summed E-state index contributed by atoms with van der Waals surface area (Å²) in [6.07, 6.45) is 0.788. The molecule has 1 atom stereocenters. The van der Waals surface area contributed by atoms with Gasteiger partial charge in [-0.25, -0.2) is 0 Å². The highest BCUT2D eigenvalue weighted by atomic mass is 32.2. The van der Waals surface area contributed by atoms with Crippen LogP contribution in [-0.4, -0.2) is 71.7 Å². The fourth-order valence-corrected chi connectivity index (χ4v) is 3.41. The average molecular weight is 316 g/mol. The first-order valence-electron chi connectivity index (χ1n) is 7.18. The van der Waals surface area contributed by atoms with E-state index in [1.165, 1.54) is 0 Å². The van der Waals surface area contributed by atoms with Gasteiger partial charge >= 0.3 is 0 Å². The van der Waals surface area contributed by atoms with Crippen LogP contribution in [0.2, 0.25) is 0 Å². The topological polar surface area (TPSA) is 77.0 Å². The van der Waals surface area contributed by atoms with Crippen molar-refractivity contribution in [3.05, 3.63) is 0 Å². The maximum absolute atomic E-state index is 11.9. The zero-order valence-electron chi connectivity index (χ0n) is 13.7. The first-order valence-corrected chi connectivity index (χ1v) is 8.34. The van der Waals surface area contributed by atoms with Crippen molar-refractivity contribution in [1.82, 2.24) is 15.5 Å². The summed E-state index contributed by atoms with van der Waals surface area (Å²) >= 11 is 1.76. The molecule has 7 heteroatoms. The third-order valence-corrected chi connectivity index (χ3v) is 4.36. The Hall–Kier alpha value is -0.950. The highest BCUT2D eigenvalue weighted by Gasteiger charge is 2.32. The molecule has 122 valence electrons. The van der Waals surface area contributed by atoms with Gasteiger partial charge in [0.1, 0.15) is 0 Å². The lowest BCUT2D eigenvalue weighted by atomic mass is 10.0. The van der Waals surface area contributed by atoms with Gasteiger partial charge in [0.15, 0.2) is 5.96 Å². The molecule has 3 N–H and O–H groups in total. The van der Waals surface area contributed by atoms with Crippen molar-refractivity contribution < 1.29 is 9.90 Å². The molecule has 0 aromatic heterocycles. The second-order valence-corrected chi connectivity index (χ2v) is 7.69. The van der Waals surface area contributed by atoms with E-state index in [-0.39, 0.29) is 18.0 Å². The molecule has 1 aliphatic rings. The van der Waals surface area contributed by atoms with E-state index < -0.39 is 5.60 Å². The van der Waals surface area contributed by atoms with Crippen molar-refractivity contribution in [3.63, 3.8) is 0 Å². The van der Waals surface area contributed by atoms with Crippen molar-refractivity contribution in [2.75, 3.05) is 38.7 Å². The molecular formula is C14H28N4O2S. The number of nitrogens with one attached hydrogen (secondary N) is 2. The van der Waals surface area contributed by atoms with E-state index in [9.17, 15) is 9.90 Å². The summed E-state index contributed by atoms with van der Waals surface area (Å²) in [6, 6.07) is 0. The summed E-state index contributed by atoms with van der Waals surface area (Å²) in [5, 5.41) is 16.4. The molecule has 0 aliphatic carbocycles. The van der Waals surface area contributed by atoms with Crippen LogP contribution >= 0.6 is 11.8 Å². The van der Waals surface area contributed by atoms with Gasteiger partial charge in [0.05, 0.1) is 12.1 Å². The Kier molecular flexibility index (Phi) is 6.34. The number of amides is 1. The predicted molar refractivity (Wildman–Crippen MR) is 88.8 cm³/mol. The Morgan fingerprint density at radius 3 is 2.62 bits per heavy atom. The smallest absolute Gasteiger partial charge is 0.240 e. The lowest BCUT2D eigenvalue weighted by Crippen LogP contribution is -2.51. The molecule has 0 radical (unpaired) electrons. The van der Waals surface area contributed by atoms with E-state index in [1.807, 2.05) is 27.8 Å². The standard InChI is InChI=1S/C14H28N4O2S/c1-13(2,3)17-11(19)8-18(5)12(15-4)16-9-14(20)6-7-21-10-14/h20H,6-10H2,1-5H3,(H,15,16)(H,17,19). The van der Waals surface area contributed by atoms with Gasteiger partial charge in [0.2, 0.25) is 5.91 Å². The lowest BCUT2D eigenvalue weighted by molar-refractivity contribution is -0.122. The summed E-state index contributed by atoms with van der Waals surface area (Å²) in [5.41, 5.74) is -0.916. The van der Waals surface area contributed by atoms with Gasteiger partial charge in [-0.15, -0.1) is 0 Å². The molecule has 0 saturated carbocycles. The van der Waals surface area contributed by atoms with Crippen LogP contribution in [0.1, 0.15) is 27.2 Å². The number of rotatable bonds is 4. The summed E-state index contributed by atoms with van der Waals surface area (Å²) < 4.78 is 0. The molecule has 0 aromatic carbocycles. The number of hydrogen-bond acceptors (Lipinski definition) is 4. The Morgan fingerprint density at radius 2 is 2.14 bits per heavy atom. The van der Waals surface area contributed by atoms with Gasteiger partial charge in [-0.3, -0.25) is 9.79 Å². The normalized spacial score (nSPS) is 23.0. The fraction of sp³-hybridized carbons (Fsp3) is 0.857. The molecule has 0 spiro atoms. The van der Waals surface area contributed by atoms with Gasteiger partial charge in [-0.2, -0.15) is 11.8 Å². The first kappa shape index (κ1) is 18.1. The number of carbonyl (C=O) groups is 1. The van der Waals surface area contributed by atoms with Gasteiger partial charge in [0, 0.05) is 31.9 Å². The minimum atomic E-state index is -0.672. The van der Waals surface area contributed by atoms with Crippen LogP contribution in [0, 0.1) is 0 Å². The summed E-state index contributed by atoms with van der Waals surface area (Å²) in [6.45, 7) is 6.53. The number of hydrogen-bond donors (Lipinski definition) is 3. The van der Waals surface area contributed by atoms with Crippen LogP contribution < -0.4 is 10.6 Å². The third-order valence-electron chi connectivity index (χ3n) is 3.13. The van der Waals surface area contributed by atoms with E-state index in [2.05, 4.69) is 15.6 Å². The molecule has 1 rings (SSSR count). The number of guanidine groups is 1. The van der Waals surface area contributed by atoms with Crippen LogP contribution in [0.25, 0.3) is 0 Å². The number of thioether (sulfide) groups is 1. The second-order valence-electron chi connectivity index (χ2n) is 6.58. The molecule has 1 aliphatic heterocycles. The monoisotopic (exact) mass is 316 g/mol. The molecule has 1 amide bonds. The largest absolute Gasteiger partial charge is 0.387 e. The van der Waals surface area contributed by atoms with Gasteiger partial charge in [-0.1, -0.05) is 0 Å². The van der Waals surface area contributed by atoms with Crippen LogP contribution in [0.5, 0.6) is 0 Å². The fourth-order valence-electron chi connectivity index (χ4n) is 2.11. The summed E-state index contributed by atoms with van der Waals surface area (Å²) in [4.78, 5) is 17.8. The van der Waals surface area contributed by atoms with Gasteiger partial charge < -0.3 is 20.6 Å². The molecule has 1 heterocycles. The quantitative estimate of drug-likeness (QED) is 0.513. The average Bonchev–Trinajstić information content (AvgIpc) is 2.74. The Labute approximate surface area is 131 Å². The molecule has 0 bridgehead atoms. The highest BCUT2D eigenvalue weighted by Crippen LogP contribution is 2.26. The number of nitrogens with zero attached hydrogens (tertiary/aromatic N) is 2. The molecule has 1 saturated heterocycles. The second kappa shape index (κ2) is 7.35. The van der Waals surface area contributed by atoms with Gasteiger partial charge in [0.25, 0.3) is 0 Å². The summed E-state index contributed by atoms with van der Waals surface area (Å²) in [5.74, 6) is 2.29. The molecule has 1 fully saturated rings. The zero-order valence-corrected chi connectivity index (χ0v) is 14.5.